The first kappa shape index (κ1) is 14.8. The van der Waals surface area contributed by atoms with Crippen LogP contribution in [0.1, 0.15) is 25.2 Å². The number of aromatic nitrogens is 3. The molecule has 1 aromatic carbocycles. The number of ether oxygens (including phenoxy) is 1. The van der Waals surface area contributed by atoms with Crippen molar-refractivity contribution in [3.63, 3.8) is 0 Å². The normalized spacial score (nSPS) is 11.1. The number of rotatable bonds is 6. The fourth-order valence-corrected chi connectivity index (χ4v) is 1.92. The first-order valence-electron chi connectivity index (χ1n) is 6.53. The fraction of sp³-hybridized carbons (Fsp3) is 0.429. The lowest BCUT2D eigenvalue weighted by Crippen LogP contribution is -2.22. The highest BCUT2D eigenvalue weighted by atomic mass is 35.5. The molecule has 0 saturated carbocycles. The highest BCUT2D eigenvalue weighted by molar-refractivity contribution is 6.30. The Hall–Kier alpha value is -1.59. The van der Waals surface area contributed by atoms with Crippen molar-refractivity contribution in [2.45, 2.75) is 33.0 Å². The molecule has 0 bridgehead atoms. The molecule has 0 aliphatic rings. The van der Waals surface area contributed by atoms with Gasteiger partial charge in [0.2, 0.25) is 0 Å². The van der Waals surface area contributed by atoms with Crippen molar-refractivity contribution in [2.75, 3.05) is 0 Å². The van der Waals surface area contributed by atoms with Crippen LogP contribution in [0.25, 0.3) is 0 Å². The highest BCUT2D eigenvalue weighted by Gasteiger charge is 2.08. The molecule has 0 fully saturated rings. The number of hydrogen-bond donors (Lipinski definition) is 1. The van der Waals surface area contributed by atoms with Crippen LogP contribution >= 0.6 is 11.6 Å². The molecule has 0 aliphatic heterocycles. The van der Waals surface area contributed by atoms with Gasteiger partial charge in [-0.2, -0.15) is 0 Å². The van der Waals surface area contributed by atoms with Gasteiger partial charge in [0.15, 0.2) is 5.82 Å². The van der Waals surface area contributed by atoms with Crippen LogP contribution in [0.5, 0.6) is 5.75 Å². The van der Waals surface area contributed by atoms with E-state index in [2.05, 4.69) is 29.4 Å². The van der Waals surface area contributed by atoms with E-state index in [9.17, 15) is 0 Å². The molecule has 0 saturated heterocycles. The van der Waals surface area contributed by atoms with E-state index in [1.54, 1.807) is 6.33 Å². The molecule has 5 nitrogen and oxygen atoms in total. The van der Waals surface area contributed by atoms with E-state index >= 15 is 0 Å². The van der Waals surface area contributed by atoms with E-state index in [1.165, 1.54) is 0 Å². The van der Waals surface area contributed by atoms with Gasteiger partial charge in [-0.15, -0.1) is 10.2 Å². The Morgan fingerprint density at radius 2 is 2.20 bits per heavy atom. The van der Waals surface area contributed by atoms with Gasteiger partial charge in [-0.1, -0.05) is 25.4 Å². The Labute approximate surface area is 123 Å². The summed E-state index contributed by atoms with van der Waals surface area (Å²) in [7, 11) is 1.89. The second-order valence-corrected chi connectivity index (χ2v) is 5.37. The van der Waals surface area contributed by atoms with Crippen molar-refractivity contribution in [2.24, 2.45) is 7.05 Å². The van der Waals surface area contributed by atoms with Crippen LogP contribution in [0.2, 0.25) is 5.02 Å². The first-order valence-corrected chi connectivity index (χ1v) is 6.91. The van der Waals surface area contributed by atoms with Crippen molar-refractivity contribution < 1.29 is 4.74 Å². The molecule has 108 valence electrons. The minimum Gasteiger partial charge on any atom is -0.485 e. The van der Waals surface area contributed by atoms with Crippen LogP contribution in [0.15, 0.2) is 24.5 Å². The van der Waals surface area contributed by atoms with Crippen molar-refractivity contribution in [3.8, 4) is 5.75 Å². The molecule has 0 unspecified atom stereocenters. The van der Waals surface area contributed by atoms with Gasteiger partial charge in [-0.3, -0.25) is 0 Å². The summed E-state index contributed by atoms with van der Waals surface area (Å²) in [6, 6.07) is 6.03. The zero-order chi connectivity index (χ0) is 14.5. The second kappa shape index (κ2) is 6.72. The fourth-order valence-electron chi connectivity index (χ4n) is 1.72. The maximum absolute atomic E-state index is 6.05. The zero-order valence-corrected chi connectivity index (χ0v) is 12.7. The molecule has 1 aromatic heterocycles. The largest absolute Gasteiger partial charge is 0.485 e. The van der Waals surface area contributed by atoms with E-state index in [-0.39, 0.29) is 0 Å². The average molecular weight is 295 g/mol. The molecule has 1 N–H and O–H groups in total. The number of benzene rings is 1. The van der Waals surface area contributed by atoms with Gasteiger partial charge in [0, 0.05) is 30.2 Å². The summed E-state index contributed by atoms with van der Waals surface area (Å²) < 4.78 is 7.66. The third-order valence-corrected chi connectivity index (χ3v) is 3.12. The van der Waals surface area contributed by atoms with Crippen LogP contribution in [-0.2, 0) is 20.2 Å². The van der Waals surface area contributed by atoms with E-state index in [0.717, 1.165) is 17.1 Å². The van der Waals surface area contributed by atoms with E-state index < -0.39 is 0 Å². The molecule has 2 rings (SSSR count). The first-order chi connectivity index (χ1) is 9.56. The molecule has 0 radical (unpaired) electrons. The van der Waals surface area contributed by atoms with Crippen molar-refractivity contribution in [1.29, 1.82) is 0 Å². The quantitative estimate of drug-likeness (QED) is 0.889. The summed E-state index contributed by atoms with van der Waals surface area (Å²) in [4.78, 5) is 0. The zero-order valence-electron chi connectivity index (χ0n) is 11.9. The minimum atomic E-state index is 0.382. The maximum Gasteiger partial charge on any atom is 0.170 e. The van der Waals surface area contributed by atoms with E-state index in [4.69, 9.17) is 16.3 Å². The summed E-state index contributed by atoms with van der Waals surface area (Å²) in [5.74, 6) is 1.59. The SMILES string of the molecule is CC(C)NCc1cc(Cl)ccc1OCc1nncn1C. The topological polar surface area (TPSA) is 52.0 Å². The Morgan fingerprint density at radius 1 is 1.40 bits per heavy atom. The molecule has 0 amide bonds. The van der Waals surface area contributed by atoms with Gasteiger partial charge < -0.3 is 14.6 Å². The van der Waals surface area contributed by atoms with Gasteiger partial charge in [0.05, 0.1) is 0 Å². The molecular formula is C14H19ClN4O. The third kappa shape index (κ3) is 3.95. The number of aryl methyl sites for hydroxylation is 1. The highest BCUT2D eigenvalue weighted by Crippen LogP contribution is 2.23. The summed E-state index contributed by atoms with van der Waals surface area (Å²) in [5.41, 5.74) is 1.04. The number of hydrogen-bond acceptors (Lipinski definition) is 4. The van der Waals surface area contributed by atoms with Crippen molar-refractivity contribution in [3.05, 3.63) is 40.9 Å². The molecule has 0 atom stereocenters. The summed E-state index contributed by atoms with van der Waals surface area (Å²) >= 11 is 6.05. The molecule has 20 heavy (non-hydrogen) atoms. The smallest absolute Gasteiger partial charge is 0.170 e. The molecule has 6 heteroatoms. The summed E-state index contributed by atoms with van der Waals surface area (Å²) in [5, 5.41) is 11.9. The van der Waals surface area contributed by atoms with E-state index in [1.807, 2.05) is 29.8 Å². The van der Waals surface area contributed by atoms with Crippen LogP contribution < -0.4 is 10.1 Å². The monoisotopic (exact) mass is 294 g/mol. The molecule has 2 aromatic rings. The summed E-state index contributed by atoms with van der Waals surface area (Å²) in [6.07, 6.45) is 1.65. The van der Waals surface area contributed by atoms with Gasteiger partial charge in [-0.05, 0) is 18.2 Å². The van der Waals surface area contributed by atoms with Crippen LogP contribution in [-0.4, -0.2) is 20.8 Å². The summed E-state index contributed by atoms with van der Waals surface area (Å²) in [6.45, 7) is 5.30. The Morgan fingerprint density at radius 3 is 2.85 bits per heavy atom. The lowest BCUT2D eigenvalue weighted by Gasteiger charge is -2.14. The molecule has 0 aliphatic carbocycles. The maximum atomic E-state index is 6.05. The standard InChI is InChI=1S/C14H19ClN4O/c1-10(2)16-7-11-6-12(15)4-5-13(11)20-8-14-18-17-9-19(14)3/h4-6,9-10,16H,7-8H2,1-3H3. The van der Waals surface area contributed by atoms with Gasteiger partial charge >= 0.3 is 0 Å². The molecule has 0 spiro atoms. The van der Waals surface area contributed by atoms with Crippen LogP contribution in [0.4, 0.5) is 0 Å². The van der Waals surface area contributed by atoms with Gasteiger partial charge in [-0.25, -0.2) is 0 Å². The number of nitrogens with zero attached hydrogens (tertiary/aromatic N) is 3. The van der Waals surface area contributed by atoms with Crippen molar-refractivity contribution in [1.82, 2.24) is 20.1 Å². The van der Waals surface area contributed by atoms with E-state index in [0.29, 0.717) is 24.2 Å². The minimum absolute atomic E-state index is 0.382. The van der Waals surface area contributed by atoms with Crippen LogP contribution in [0.3, 0.4) is 0 Å². The lowest BCUT2D eigenvalue weighted by atomic mass is 10.2. The van der Waals surface area contributed by atoms with Gasteiger partial charge in [0.25, 0.3) is 0 Å². The lowest BCUT2D eigenvalue weighted by molar-refractivity contribution is 0.287. The van der Waals surface area contributed by atoms with Crippen molar-refractivity contribution >= 4 is 11.6 Å². The van der Waals surface area contributed by atoms with Crippen LogP contribution in [0, 0.1) is 0 Å². The number of nitrogens with one attached hydrogen (secondary N) is 1. The predicted molar refractivity (Wildman–Crippen MR) is 78.8 cm³/mol. The average Bonchev–Trinajstić information content (AvgIpc) is 2.81. The third-order valence-electron chi connectivity index (χ3n) is 2.89. The molecular weight excluding hydrogens is 276 g/mol. The van der Waals surface area contributed by atoms with Gasteiger partial charge in [0.1, 0.15) is 18.7 Å². The molecule has 1 heterocycles. The predicted octanol–water partition coefficient (Wildman–Crippen LogP) is 2.55. The Balaban J connectivity index is 2.08. The second-order valence-electron chi connectivity index (χ2n) is 4.93. The Bertz CT molecular complexity index is 568. The number of halogens is 1. The Kier molecular flexibility index (Phi) is 4.98.